The van der Waals surface area contributed by atoms with Crippen molar-refractivity contribution in [1.29, 1.82) is 0 Å². The predicted octanol–water partition coefficient (Wildman–Crippen LogP) is -0.511. The van der Waals surface area contributed by atoms with Crippen LogP contribution in [0.5, 0.6) is 5.75 Å². The molecule has 18 heavy (non-hydrogen) atoms. The van der Waals surface area contributed by atoms with Crippen molar-refractivity contribution in [3.05, 3.63) is 36.8 Å². The number of unbranched alkanes of at least 4 members (excludes halogenated alkanes) is 1. The largest absolute Gasteiger partial charge is 1.00 e. The maximum atomic E-state index is 9.85. The molecule has 1 aromatic heterocycles. The van der Waals surface area contributed by atoms with Crippen LogP contribution in [0.2, 0.25) is 0 Å². The smallest absolute Gasteiger partial charge is 0.244 e. The van der Waals surface area contributed by atoms with E-state index in [1.807, 2.05) is 29.8 Å². The Balaban J connectivity index is 0.00000162. The molecule has 0 spiro atoms. The molecular weight excluding hydrogens is 339 g/mol. The minimum absolute atomic E-state index is 0. The molecule has 0 saturated heterocycles. The minimum Gasteiger partial charge on any atom is -1.00 e. The summed E-state index contributed by atoms with van der Waals surface area (Å²) in [6.07, 6.45) is 6.52. The van der Waals surface area contributed by atoms with Gasteiger partial charge in [-0.2, -0.15) is 0 Å². The van der Waals surface area contributed by atoms with E-state index in [4.69, 9.17) is 0 Å². The maximum Gasteiger partial charge on any atom is 0.244 e. The van der Waals surface area contributed by atoms with Crippen LogP contribution in [0, 0.1) is 0 Å². The van der Waals surface area contributed by atoms with Crippen LogP contribution in [0.1, 0.15) is 19.8 Å². The number of hydrogen-bond donors (Lipinski definition) is 1. The second kappa shape index (κ2) is 6.78. The summed E-state index contributed by atoms with van der Waals surface area (Å²) in [6.45, 7) is 3.21. The van der Waals surface area contributed by atoms with Crippen LogP contribution in [0.15, 0.2) is 36.8 Å². The first-order valence-corrected chi connectivity index (χ1v) is 6.06. The molecule has 1 heterocycles. The number of phenols is 1. The molecule has 2 rings (SSSR count). The molecule has 0 aliphatic carbocycles. The second-order valence-corrected chi connectivity index (χ2v) is 4.35. The molecule has 1 N–H and O–H groups in total. The van der Waals surface area contributed by atoms with Gasteiger partial charge in [-0.25, -0.2) is 9.13 Å². The van der Waals surface area contributed by atoms with Crippen LogP contribution in [0.4, 0.5) is 0 Å². The second-order valence-electron chi connectivity index (χ2n) is 4.35. The van der Waals surface area contributed by atoms with E-state index in [0.717, 1.165) is 17.8 Å². The summed E-state index contributed by atoms with van der Waals surface area (Å²) in [7, 11) is 2.00. The number of nitrogens with zero attached hydrogens (tertiary/aromatic N) is 2. The number of aromatic nitrogens is 2. The Morgan fingerprint density at radius 1 is 1.28 bits per heavy atom. The van der Waals surface area contributed by atoms with Crippen molar-refractivity contribution in [3.63, 3.8) is 0 Å². The van der Waals surface area contributed by atoms with Gasteiger partial charge in [0.15, 0.2) is 5.69 Å². The number of hydrogen-bond acceptors (Lipinski definition) is 1. The Morgan fingerprint density at radius 3 is 2.67 bits per heavy atom. The van der Waals surface area contributed by atoms with Gasteiger partial charge >= 0.3 is 0 Å². The van der Waals surface area contributed by atoms with Gasteiger partial charge in [0.1, 0.15) is 11.9 Å². The summed E-state index contributed by atoms with van der Waals surface area (Å²) >= 11 is 0. The van der Waals surface area contributed by atoms with Gasteiger partial charge in [-0.3, -0.25) is 0 Å². The zero-order chi connectivity index (χ0) is 12.3. The maximum absolute atomic E-state index is 9.85. The number of rotatable bonds is 4. The Kier molecular flexibility index (Phi) is 5.65. The van der Waals surface area contributed by atoms with Gasteiger partial charge < -0.3 is 29.1 Å². The fourth-order valence-corrected chi connectivity index (χ4v) is 1.98. The molecule has 0 amide bonds. The first-order chi connectivity index (χ1) is 8.22. The lowest BCUT2D eigenvalue weighted by Crippen LogP contribution is -3.00. The number of aromatic hydroxyl groups is 1. The average molecular weight is 358 g/mol. The van der Waals surface area contributed by atoms with Gasteiger partial charge in [-0.1, -0.05) is 25.5 Å². The molecule has 0 radical (unpaired) electrons. The quantitative estimate of drug-likeness (QED) is 0.579. The molecule has 98 valence electrons. The van der Waals surface area contributed by atoms with Gasteiger partial charge in [0.05, 0.1) is 19.2 Å². The Morgan fingerprint density at radius 2 is 2.00 bits per heavy atom. The molecule has 0 unspecified atom stereocenters. The number of phenolic OH excluding ortho intramolecular Hbond substituents is 1. The van der Waals surface area contributed by atoms with Crippen LogP contribution in [0.3, 0.4) is 0 Å². The highest BCUT2D eigenvalue weighted by molar-refractivity contribution is 5.63. The number of imidazole rings is 1. The van der Waals surface area contributed by atoms with Crippen molar-refractivity contribution in [2.75, 3.05) is 0 Å². The standard InChI is InChI=1S/C14H18N2O.HI/c1-3-4-9-16-10-13(15(2)11-16)12-7-5-6-8-14(12)17;/h5-8,10-11H,3-4,9H2,1-2H3;1H. The van der Waals surface area contributed by atoms with Crippen LogP contribution in [-0.2, 0) is 13.6 Å². The lowest BCUT2D eigenvalue weighted by atomic mass is 10.1. The highest BCUT2D eigenvalue weighted by Crippen LogP contribution is 2.25. The lowest BCUT2D eigenvalue weighted by molar-refractivity contribution is -0.660. The molecular formula is C14H19IN2O. The van der Waals surface area contributed by atoms with E-state index >= 15 is 0 Å². The van der Waals surface area contributed by atoms with Gasteiger partial charge in [0.2, 0.25) is 6.33 Å². The molecule has 3 nitrogen and oxygen atoms in total. The molecule has 1 aromatic carbocycles. The van der Waals surface area contributed by atoms with Crippen molar-refractivity contribution in [1.82, 2.24) is 4.57 Å². The van der Waals surface area contributed by atoms with Crippen molar-refractivity contribution in [2.24, 2.45) is 7.05 Å². The molecule has 0 aliphatic rings. The topological polar surface area (TPSA) is 29.0 Å². The first-order valence-electron chi connectivity index (χ1n) is 6.06. The van der Waals surface area contributed by atoms with E-state index in [0.29, 0.717) is 5.75 Å². The summed E-state index contributed by atoms with van der Waals surface area (Å²) in [5.41, 5.74) is 1.92. The van der Waals surface area contributed by atoms with Crippen LogP contribution in [-0.4, -0.2) is 9.67 Å². The number of para-hydroxylation sites is 1. The summed E-state index contributed by atoms with van der Waals surface area (Å²) in [5.74, 6) is 0.330. The zero-order valence-corrected chi connectivity index (χ0v) is 13.0. The van der Waals surface area contributed by atoms with Crippen LogP contribution >= 0.6 is 0 Å². The molecule has 0 atom stereocenters. The van der Waals surface area contributed by atoms with E-state index in [9.17, 15) is 5.11 Å². The van der Waals surface area contributed by atoms with Crippen molar-refractivity contribution < 1.29 is 33.7 Å². The first kappa shape index (κ1) is 15.0. The Labute approximate surface area is 125 Å². The molecule has 4 heteroatoms. The van der Waals surface area contributed by atoms with Crippen molar-refractivity contribution >= 4 is 0 Å². The third-order valence-electron chi connectivity index (χ3n) is 2.94. The van der Waals surface area contributed by atoms with Crippen LogP contribution in [0.25, 0.3) is 11.3 Å². The van der Waals surface area contributed by atoms with Crippen LogP contribution < -0.4 is 28.5 Å². The average Bonchev–Trinajstić information content (AvgIpc) is 2.68. The monoisotopic (exact) mass is 358 g/mol. The number of benzene rings is 1. The number of aryl methyl sites for hydroxylation is 2. The SMILES string of the molecule is CCCCn1cc(-c2ccccc2O)[n+](C)c1.[I-]. The molecule has 0 aliphatic heterocycles. The summed E-state index contributed by atoms with van der Waals surface area (Å²) in [4.78, 5) is 0. The van der Waals surface area contributed by atoms with E-state index in [1.54, 1.807) is 6.07 Å². The van der Waals surface area contributed by atoms with Crippen molar-refractivity contribution in [3.8, 4) is 17.0 Å². The summed E-state index contributed by atoms with van der Waals surface area (Å²) in [5, 5.41) is 9.85. The number of halogens is 1. The predicted molar refractivity (Wildman–Crippen MR) is 67.6 cm³/mol. The van der Waals surface area contributed by atoms with Gasteiger partial charge in [0, 0.05) is 0 Å². The molecule has 0 fully saturated rings. The lowest BCUT2D eigenvalue weighted by Gasteiger charge is -1.99. The molecule has 0 bridgehead atoms. The third-order valence-corrected chi connectivity index (χ3v) is 2.94. The van der Waals surface area contributed by atoms with E-state index in [-0.39, 0.29) is 24.0 Å². The summed E-state index contributed by atoms with van der Waals surface area (Å²) < 4.78 is 4.22. The van der Waals surface area contributed by atoms with E-state index in [1.165, 1.54) is 12.8 Å². The zero-order valence-electron chi connectivity index (χ0n) is 10.8. The Hall–Kier alpha value is -1.04. The van der Waals surface area contributed by atoms with Crippen molar-refractivity contribution in [2.45, 2.75) is 26.3 Å². The Bertz CT molecular complexity index is 508. The molecule has 2 aromatic rings. The highest BCUT2D eigenvalue weighted by Gasteiger charge is 2.14. The fraction of sp³-hybridized carbons (Fsp3) is 0.357. The van der Waals surface area contributed by atoms with E-state index in [2.05, 4.69) is 24.0 Å². The normalized spacial score (nSPS) is 10.1. The third kappa shape index (κ3) is 3.25. The van der Waals surface area contributed by atoms with Gasteiger partial charge in [0.25, 0.3) is 0 Å². The van der Waals surface area contributed by atoms with Gasteiger partial charge in [-0.15, -0.1) is 0 Å². The fourth-order valence-electron chi connectivity index (χ4n) is 1.98. The minimum atomic E-state index is 0. The van der Waals surface area contributed by atoms with E-state index < -0.39 is 0 Å². The summed E-state index contributed by atoms with van der Waals surface area (Å²) in [6, 6.07) is 7.44. The van der Waals surface area contributed by atoms with Gasteiger partial charge in [-0.05, 0) is 18.6 Å². The highest BCUT2D eigenvalue weighted by atomic mass is 127. The molecule has 0 saturated carbocycles.